The van der Waals surface area contributed by atoms with Crippen molar-refractivity contribution in [1.82, 2.24) is 9.97 Å². The largest absolute Gasteiger partial charge is 0.467 e. The number of hydrazine groups is 1. The van der Waals surface area contributed by atoms with Crippen molar-refractivity contribution in [2.24, 2.45) is 5.84 Å². The number of nitrogens with one attached hydrogen (secondary N) is 2. The van der Waals surface area contributed by atoms with Crippen molar-refractivity contribution in [3.63, 3.8) is 0 Å². The van der Waals surface area contributed by atoms with Gasteiger partial charge in [-0.3, -0.25) is 0 Å². The van der Waals surface area contributed by atoms with Gasteiger partial charge in [0.05, 0.1) is 12.3 Å². The molecule has 0 radical (unpaired) electrons. The lowest BCUT2D eigenvalue weighted by atomic mass is 10.2. The molecular formula is C13H19N5O2. The lowest BCUT2D eigenvalue weighted by molar-refractivity contribution is 0.128. The van der Waals surface area contributed by atoms with Crippen molar-refractivity contribution in [3.8, 4) is 0 Å². The van der Waals surface area contributed by atoms with Crippen molar-refractivity contribution in [3.05, 3.63) is 36.0 Å². The van der Waals surface area contributed by atoms with Gasteiger partial charge in [-0.2, -0.15) is 0 Å². The van der Waals surface area contributed by atoms with Crippen molar-refractivity contribution < 1.29 is 9.15 Å². The Kier molecular flexibility index (Phi) is 4.91. The van der Waals surface area contributed by atoms with Gasteiger partial charge in [-0.15, -0.1) is 0 Å². The minimum Gasteiger partial charge on any atom is -0.467 e. The Morgan fingerprint density at radius 2 is 2.20 bits per heavy atom. The van der Waals surface area contributed by atoms with E-state index < -0.39 is 0 Å². The van der Waals surface area contributed by atoms with E-state index in [1.54, 1.807) is 12.3 Å². The number of hydrogen-bond acceptors (Lipinski definition) is 7. The average Bonchev–Trinajstić information content (AvgIpc) is 2.99. The Hall–Kier alpha value is -2.12. The van der Waals surface area contributed by atoms with E-state index in [4.69, 9.17) is 15.0 Å². The summed E-state index contributed by atoms with van der Waals surface area (Å²) >= 11 is 0. The van der Waals surface area contributed by atoms with Gasteiger partial charge in [0.2, 0.25) is 0 Å². The molecule has 108 valence electrons. The Balaban J connectivity index is 2.13. The number of anilines is 2. The number of nitrogens with zero attached hydrogens (tertiary/aromatic N) is 2. The molecule has 0 aliphatic carbocycles. The second-order valence-electron chi connectivity index (χ2n) is 4.22. The molecule has 1 unspecified atom stereocenters. The first-order valence-corrected chi connectivity index (χ1v) is 6.45. The maximum atomic E-state index is 5.41. The summed E-state index contributed by atoms with van der Waals surface area (Å²) in [5.74, 6) is 8.00. The van der Waals surface area contributed by atoms with Gasteiger partial charge in [0.25, 0.3) is 0 Å². The third kappa shape index (κ3) is 3.69. The first-order chi connectivity index (χ1) is 9.72. The number of rotatable bonds is 7. The zero-order chi connectivity index (χ0) is 14.4. The Morgan fingerprint density at radius 1 is 1.40 bits per heavy atom. The molecule has 0 saturated carbocycles. The van der Waals surface area contributed by atoms with E-state index in [0.717, 1.165) is 5.76 Å². The van der Waals surface area contributed by atoms with E-state index in [-0.39, 0.29) is 6.04 Å². The third-order valence-corrected chi connectivity index (χ3v) is 2.69. The lowest BCUT2D eigenvalue weighted by Gasteiger charge is -2.14. The number of nitrogens with two attached hydrogens (primary N) is 1. The Labute approximate surface area is 117 Å². The van der Waals surface area contributed by atoms with Crippen LogP contribution in [0.15, 0.2) is 28.9 Å². The van der Waals surface area contributed by atoms with E-state index in [9.17, 15) is 0 Å². The van der Waals surface area contributed by atoms with Crippen LogP contribution in [0, 0.1) is 0 Å². The molecule has 7 heteroatoms. The number of nitrogen functional groups attached to an aromatic ring is 1. The smallest absolute Gasteiger partial charge is 0.158 e. The van der Waals surface area contributed by atoms with Crippen LogP contribution >= 0.6 is 0 Å². The molecule has 0 aliphatic rings. The van der Waals surface area contributed by atoms with Gasteiger partial charge in [-0.1, -0.05) is 0 Å². The monoisotopic (exact) mass is 277 g/mol. The van der Waals surface area contributed by atoms with Crippen LogP contribution in [0.25, 0.3) is 0 Å². The molecule has 0 fully saturated rings. The van der Waals surface area contributed by atoms with Crippen molar-refractivity contribution in [2.45, 2.75) is 26.5 Å². The minimum atomic E-state index is -0.00883. The van der Waals surface area contributed by atoms with Gasteiger partial charge in [-0.05, 0) is 26.0 Å². The molecule has 2 aromatic heterocycles. The average molecular weight is 277 g/mol. The second-order valence-corrected chi connectivity index (χ2v) is 4.22. The van der Waals surface area contributed by atoms with Crippen molar-refractivity contribution in [1.29, 1.82) is 0 Å². The SMILES string of the molecule is CCOCc1nc(NN)cc(NC(C)c2ccco2)n1. The van der Waals surface area contributed by atoms with Gasteiger partial charge in [-0.25, -0.2) is 15.8 Å². The highest BCUT2D eigenvalue weighted by molar-refractivity contribution is 5.47. The topological polar surface area (TPSA) is 98.2 Å². The maximum Gasteiger partial charge on any atom is 0.158 e. The molecule has 0 amide bonds. The summed E-state index contributed by atoms with van der Waals surface area (Å²) in [6.07, 6.45) is 1.64. The molecule has 0 saturated heterocycles. The van der Waals surface area contributed by atoms with Gasteiger partial charge in [0.15, 0.2) is 5.82 Å². The summed E-state index contributed by atoms with van der Waals surface area (Å²) in [6, 6.07) is 5.48. The molecule has 20 heavy (non-hydrogen) atoms. The summed E-state index contributed by atoms with van der Waals surface area (Å²) in [6.45, 7) is 4.85. The molecule has 7 nitrogen and oxygen atoms in total. The van der Waals surface area contributed by atoms with E-state index in [1.165, 1.54) is 0 Å². The minimum absolute atomic E-state index is 0.00883. The Morgan fingerprint density at radius 3 is 2.85 bits per heavy atom. The molecule has 0 aliphatic heterocycles. The first-order valence-electron chi connectivity index (χ1n) is 6.45. The third-order valence-electron chi connectivity index (χ3n) is 2.69. The zero-order valence-electron chi connectivity index (χ0n) is 11.6. The van der Waals surface area contributed by atoms with Crippen LogP contribution in [0.5, 0.6) is 0 Å². The quantitative estimate of drug-likeness (QED) is 0.526. The van der Waals surface area contributed by atoms with Crippen LogP contribution in [-0.4, -0.2) is 16.6 Å². The fourth-order valence-corrected chi connectivity index (χ4v) is 1.73. The van der Waals surface area contributed by atoms with Gasteiger partial charge >= 0.3 is 0 Å². The fourth-order valence-electron chi connectivity index (χ4n) is 1.73. The second kappa shape index (κ2) is 6.88. The van der Waals surface area contributed by atoms with Crippen molar-refractivity contribution >= 4 is 11.6 Å². The predicted molar refractivity (Wildman–Crippen MR) is 75.9 cm³/mol. The van der Waals surface area contributed by atoms with E-state index in [2.05, 4.69) is 20.7 Å². The molecular weight excluding hydrogens is 258 g/mol. The van der Waals surface area contributed by atoms with Crippen molar-refractivity contribution in [2.75, 3.05) is 17.3 Å². The molecule has 4 N–H and O–H groups in total. The van der Waals surface area contributed by atoms with Crippen LogP contribution in [-0.2, 0) is 11.3 Å². The van der Waals surface area contributed by atoms with Gasteiger partial charge in [0, 0.05) is 12.7 Å². The van der Waals surface area contributed by atoms with E-state index in [1.807, 2.05) is 26.0 Å². The van der Waals surface area contributed by atoms with Crippen LogP contribution in [0.4, 0.5) is 11.6 Å². The molecule has 2 rings (SSSR count). The summed E-state index contributed by atoms with van der Waals surface area (Å²) < 4.78 is 10.7. The summed E-state index contributed by atoms with van der Waals surface area (Å²) in [5.41, 5.74) is 2.52. The lowest BCUT2D eigenvalue weighted by Crippen LogP contribution is -2.14. The van der Waals surface area contributed by atoms with Crippen LogP contribution in [0.1, 0.15) is 31.5 Å². The highest BCUT2D eigenvalue weighted by Gasteiger charge is 2.11. The molecule has 0 bridgehead atoms. The summed E-state index contributed by atoms with van der Waals surface area (Å²) in [4.78, 5) is 8.61. The summed E-state index contributed by atoms with van der Waals surface area (Å²) in [7, 11) is 0. The number of furan rings is 1. The number of ether oxygens (including phenoxy) is 1. The van der Waals surface area contributed by atoms with E-state index in [0.29, 0.717) is 30.7 Å². The first kappa shape index (κ1) is 14.3. The molecule has 2 aromatic rings. The zero-order valence-corrected chi connectivity index (χ0v) is 11.6. The highest BCUT2D eigenvalue weighted by atomic mass is 16.5. The summed E-state index contributed by atoms with van der Waals surface area (Å²) in [5, 5.41) is 3.24. The number of aromatic nitrogens is 2. The van der Waals surface area contributed by atoms with E-state index >= 15 is 0 Å². The van der Waals surface area contributed by atoms with Crippen LogP contribution in [0.2, 0.25) is 0 Å². The van der Waals surface area contributed by atoms with Gasteiger partial charge < -0.3 is 19.9 Å². The maximum absolute atomic E-state index is 5.41. The number of hydrogen-bond donors (Lipinski definition) is 3. The van der Waals surface area contributed by atoms with Crippen LogP contribution in [0.3, 0.4) is 0 Å². The molecule has 1 atom stereocenters. The molecule has 0 aromatic carbocycles. The predicted octanol–water partition coefficient (Wildman–Crippen LogP) is 2.06. The van der Waals surface area contributed by atoms with Gasteiger partial charge in [0.1, 0.15) is 24.0 Å². The molecule has 0 spiro atoms. The Bertz CT molecular complexity index is 530. The standard InChI is InChI=1S/C13H19N5O2/c1-3-19-8-13-16-11(7-12(17-13)18-14)15-9(2)10-5-4-6-20-10/h4-7,9H,3,8,14H2,1-2H3,(H2,15,16,17,18). The fraction of sp³-hybridized carbons (Fsp3) is 0.385. The van der Waals surface area contributed by atoms with Crippen LogP contribution < -0.4 is 16.6 Å². The highest BCUT2D eigenvalue weighted by Crippen LogP contribution is 2.19. The normalized spacial score (nSPS) is 12.2. The molecule has 2 heterocycles.